The van der Waals surface area contributed by atoms with Crippen molar-refractivity contribution < 1.29 is 14.0 Å². The minimum Gasteiger partial charge on any atom is -0.350 e. The Bertz CT molecular complexity index is 901. The highest BCUT2D eigenvalue weighted by atomic mass is 19.1. The third kappa shape index (κ3) is 3.75. The van der Waals surface area contributed by atoms with E-state index in [1.807, 2.05) is 25.8 Å². The van der Waals surface area contributed by atoms with Crippen LogP contribution in [0.25, 0.3) is 10.9 Å². The SMILES string of the molecule is Cc1ccc(F)c2cc(C(=O)N[C@@H]3CCC[C@H](N4CCN(C)C(C)C4=O)C3)[nH]c12. The molecule has 2 fully saturated rings. The molecular formula is C22H29FN4O2. The van der Waals surface area contributed by atoms with Gasteiger partial charge in [-0.3, -0.25) is 14.5 Å². The summed E-state index contributed by atoms with van der Waals surface area (Å²) < 4.78 is 14.1. The number of nitrogens with one attached hydrogen (secondary N) is 2. The van der Waals surface area contributed by atoms with Gasteiger partial charge in [0.05, 0.1) is 11.6 Å². The molecule has 2 aromatic rings. The Morgan fingerprint density at radius 1 is 1.28 bits per heavy atom. The lowest BCUT2D eigenvalue weighted by molar-refractivity contribution is -0.143. The number of aromatic nitrogens is 1. The Hall–Kier alpha value is -2.41. The molecule has 1 aliphatic heterocycles. The number of fused-ring (bicyclic) bond motifs is 1. The predicted octanol–water partition coefficient (Wildman–Crippen LogP) is 2.82. The summed E-state index contributed by atoms with van der Waals surface area (Å²) in [4.78, 5) is 32.7. The number of hydrogen-bond donors (Lipinski definition) is 2. The van der Waals surface area contributed by atoms with Gasteiger partial charge in [0, 0.05) is 30.6 Å². The van der Waals surface area contributed by atoms with Gasteiger partial charge in [-0.15, -0.1) is 0 Å². The maximum atomic E-state index is 14.1. The molecule has 6 nitrogen and oxygen atoms in total. The zero-order valence-corrected chi connectivity index (χ0v) is 17.3. The number of likely N-dealkylation sites (N-methyl/N-ethyl adjacent to an activating group) is 1. The van der Waals surface area contributed by atoms with Gasteiger partial charge in [0.1, 0.15) is 11.5 Å². The lowest BCUT2D eigenvalue weighted by Gasteiger charge is -2.44. The van der Waals surface area contributed by atoms with E-state index in [4.69, 9.17) is 0 Å². The van der Waals surface area contributed by atoms with Gasteiger partial charge in [-0.1, -0.05) is 6.07 Å². The quantitative estimate of drug-likeness (QED) is 0.833. The van der Waals surface area contributed by atoms with E-state index in [1.165, 1.54) is 6.07 Å². The van der Waals surface area contributed by atoms with Gasteiger partial charge >= 0.3 is 0 Å². The summed E-state index contributed by atoms with van der Waals surface area (Å²) in [6, 6.07) is 4.80. The molecule has 29 heavy (non-hydrogen) atoms. The second-order valence-electron chi connectivity index (χ2n) is 8.51. The molecular weight excluding hydrogens is 371 g/mol. The number of hydrogen-bond acceptors (Lipinski definition) is 3. The molecule has 1 aromatic carbocycles. The van der Waals surface area contributed by atoms with E-state index in [0.717, 1.165) is 44.3 Å². The van der Waals surface area contributed by atoms with Crippen LogP contribution >= 0.6 is 0 Å². The summed E-state index contributed by atoms with van der Waals surface area (Å²) >= 11 is 0. The van der Waals surface area contributed by atoms with Crippen LogP contribution in [0.2, 0.25) is 0 Å². The number of carbonyl (C=O) groups is 2. The van der Waals surface area contributed by atoms with Gasteiger partial charge in [-0.25, -0.2) is 4.39 Å². The normalized spacial score (nSPS) is 26.1. The molecule has 156 valence electrons. The van der Waals surface area contributed by atoms with Crippen molar-refractivity contribution in [2.75, 3.05) is 20.1 Å². The van der Waals surface area contributed by atoms with Crippen molar-refractivity contribution in [3.63, 3.8) is 0 Å². The molecule has 1 unspecified atom stereocenters. The fourth-order valence-electron chi connectivity index (χ4n) is 4.65. The van der Waals surface area contributed by atoms with E-state index in [2.05, 4.69) is 15.2 Å². The lowest BCUT2D eigenvalue weighted by atomic mass is 9.89. The number of halogens is 1. The van der Waals surface area contributed by atoms with E-state index in [9.17, 15) is 14.0 Å². The molecule has 0 spiro atoms. The maximum Gasteiger partial charge on any atom is 0.267 e. The Morgan fingerprint density at radius 2 is 2.07 bits per heavy atom. The van der Waals surface area contributed by atoms with Crippen molar-refractivity contribution in [2.45, 2.75) is 57.7 Å². The van der Waals surface area contributed by atoms with Crippen LogP contribution in [0.1, 0.15) is 48.7 Å². The van der Waals surface area contributed by atoms with Crippen LogP contribution in [0.4, 0.5) is 4.39 Å². The number of amides is 2. The number of benzene rings is 1. The van der Waals surface area contributed by atoms with Crippen LogP contribution in [-0.4, -0.2) is 64.9 Å². The van der Waals surface area contributed by atoms with Gasteiger partial charge in [0.25, 0.3) is 5.91 Å². The molecule has 2 amide bonds. The highest BCUT2D eigenvalue weighted by molar-refractivity contribution is 5.99. The topological polar surface area (TPSA) is 68.4 Å². The first kappa shape index (κ1) is 19.9. The van der Waals surface area contributed by atoms with E-state index in [0.29, 0.717) is 16.6 Å². The Morgan fingerprint density at radius 3 is 2.83 bits per heavy atom. The number of nitrogens with zero attached hydrogens (tertiary/aromatic N) is 2. The molecule has 0 bridgehead atoms. The average Bonchev–Trinajstić information content (AvgIpc) is 3.16. The van der Waals surface area contributed by atoms with Gasteiger partial charge in [0.15, 0.2) is 0 Å². The second-order valence-corrected chi connectivity index (χ2v) is 8.51. The van der Waals surface area contributed by atoms with Crippen LogP contribution < -0.4 is 5.32 Å². The van der Waals surface area contributed by atoms with Crippen LogP contribution in [0, 0.1) is 12.7 Å². The number of aromatic amines is 1. The molecule has 3 atom stereocenters. The zero-order valence-electron chi connectivity index (χ0n) is 17.3. The fraction of sp³-hybridized carbons (Fsp3) is 0.545. The Balaban J connectivity index is 1.44. The molecule has 1 aromatic heterocycles. The largest absolute Gasteiger partial charge is 0.350 e. The molecule has 1 aliphatic carbocycles. The molecule has 2 heterocycles. The number of carbonyl (C=O) groups excluding carboxylic acids is 2. The number of H-pyrrole nitrogens is 1. The van der Waals surface area contributed by atoms with Crippen molar-refractivity contribution in [1.82, 2.24) is 20.1 Å². The minimum atomic E-state index is -0.332. The molecule has 0 radical (unpaired) electrons. The summed E-state index contributed by atoms with van der Waals surface area (Å²) in [5.74, 6) is -0.373. The van der Waals surface area contributed by atoms with E-state index >= 15 is 0 Å². The van der Waals surface area contributed by atoms with E-state index < -0.39 is 0 Å². The fourth-order valence-corrected chi connectivity index (χ4v) is 4.65. The summed E-state index contributed by atoms with van der Waals surface area (Å²) in [5, 5.41) is 3.54. The zero-order chi connectivity index (χ0) is 20.7. The van der Waals surface area contributed by atoms with Gasteiger partial charge < -0.3 is 15.2 Å². The summed E-state index contributed by atoms with van der Waals surface area (Å²) in [6.07, 6.45) is 3.62. The first-order chi connectivity index (χ1) is 13.8. The van der Waals surface area contributed by atoms with Crippen molar-refractivity contribution >= 4 is 22.7 Å². The number of rotatable bonds is 3. The highest BCUT2D eigenvalue weighted by Gasteiger charge is 2.36. The maximum absolute atomic E-state index is 14.1. The van der Waals surface area contributed by atoms with Gasteiger partial charge in [-0.2, -0.15) is 0 Å². The van der Waals surface area contributed by atoms with Gasteiger partial charge in [-0.05, 0) is 64.3 Å². The van der Waals surface area contributed by atoms with Crippen LogP contribution in [0.3, 0.4) is 0 Å². The minimum absolute atomic E-state index is 0.0152. The van der Waals surface area contributed by atoms with Crippen LogP contribution in [0.5, 0.6) is 0 Å². The molecule has 7 heteroatoms. The third-order valence-corrected chi connectivity index (χ3v) is 6.61. The first-order valence-electron chi connectivity index (χ1n) is 10.4. The molecule has 2 N–H and O–H groups in total. The first-order valence-corrected chi connectivity index (χ1v) is 10.4. The van der Waals surface area contributed by atoms with Crippen molar-refractivity contribution in [2.24, 2.45) is 0 Å². The monoisotopic (exact) mass is 400 g/mol. The third-order valence-electron chi connectivity index (χ3n) is 6.61. The Kier molecular flexibility index (Phi) is 5.34. The Labute approximate surface area is 170 Å². The molecule has 4 rings (SSSR count). The standard InChI is InChI=1S/C22H29FN4O2/c1-13-7-8-18(23)17-12-19(25-20(13)17)21(28)24-15-5-4-6-16(11-15)27-10-9-26(3)14(2)22(27)29/h7-8,12,14-16,25H,4-6,9-11H2,1-3H3,(H,24,28)/t14?,15-,16+/m1/s1. The van der Waals surface area contributed by atoms with Crippen LogP contribution in [-0.2, 0) is 4.79 Å². The predicted molar refractivity (Wildman–Crippen MR) is 110 cm³/mol. The highest BCUT2D eigenvalue weighted by Crippen LogP contribution is 2.27. The second kappa shape index (κ2) is 7.78. The van der Waals surface area contributed by atoms with Crippen molar-refractivity contribution in [3.8, 4) is 0 Å². The summed E-state index contributed by atoms with van der Waals surface area (Å²) in [7, 11) is 1.98. The van der Waals surface area contributed by atoms with Gasteiger partial charge in [0.2, 0.25) is 5.91 Å². The van der Waals surface area contributed by atoms with E-state index in [-0.39, 0.29) is 35.8 Å². The van der Waals surface area contributed by atoms with Crippen molar-refractivity contribution in [1.29, 1.82) is 0 Å². The lowest BCUT2D eigenvalue weighted by Crippen LogP contribution is -2.59. The van der Waals surface area contributed by atoms with E-state index in [1.54, 1.807) is 12.1 Å². The summed E-state index contributed by atoms with van der Waals surface area (Å²) in [5.41, 5.74) is 1.94. The molecule has 1 saturated heterocycles. The smallest absolute Gasteiger partial charge is 0.267 e. The average molecular weight is 400 g/mol. The van der Waals surface area contributed by atoms with Crippen molar-refractivity contribution in [3.05, 3.63) is 35.3 Å². The number of aryl methyl sites for hydroxylation is 1. The molecule has 1 saturated carbocycles. The number of piperazine rings is 1. The molecule has 2 aliphatic rings. The van der Waals surface area contributed by atoms with Crippen LogP contribution in [0.15, 0.2) is 18.2 Å². The summed E-state index contributed by atoms with van der Waals surface area (Å²) in [6.45, 7) is 5.46.